The highest BCUT2D eigenvalue weighted by atomic mass is 35.5. The van der Waals surface area contributed by atoms with Gasteiger partial charge in [0.15, 0.2) is 6.61 Å². The third-order valence-electron chi connectivity index (χ3n) is 3.79. The molecule has 7 heteroatoms. The molecule has 1 amide bonds. The lowest BCUT2D eigenvalue weighted by Crippen LogP contribution is -2.45. The third-order valence-corrected chi connectivity index (χ3v) is 5.06. The van der Waals surface area contributed by atoms with Crippen LogP contribution in [0.4, 0.5) is 0 Å². The lowest BCUT2D eigenvalue weighted by atomic mass is 10.0. The molecule has 0 aliphatic rings. The Morgan fingerprint density at radius 1 is 1.15 bits per heavy atom. The summed E-state index contributed by atoms with van der Waals surface area (Å²) in [5.74, 6) is -1.52. The van der Waals surface area contributed by atoms with Crippen LogP contribution in [0.1, 0.15) is 39.4 Å². The van der Waals surface area contributed by atoms with Gasteiger partial charge in [0.05, 0.1) is 9.21 Å². The van der Waals surface area contributed by atoms with E-state index < -0.39 is 12.0 Å². The molecule has 2 aromatic rings. The van der Waals surface area contributed by atoms with Crippen LogP contribution in [0.5, 0.6) is 0 Å². The predicted molar refractivity (Wildman–Crippen MR) is 102 cm³/mol. The number of carbonyl (C=O) groups is 3. The van der Waals surface area contributed by atoms with Gasteiger partial charge < -0.3 is 10.1 Å². The van der Waals surface area contributed by atoms with Crippen molar-refractivity contribution in [2.75, 3.05) is 6.61 Å². The summed E-state index contributed by atoms with van der Waals surface area (Å²) in [4.78, 5) is 37.3. The summed E-state index contributed by atoms with van der Waals surface area (Å²) in [7, 11) is 0. The monoisotopic (exact) mass is 393 g/mol. The van der Waals surface area contributed by atoms with Crippen LogP contribution >= 0.6 is 22.9 Å². The molecule has 0 aliphatic carbocycles. The largest absolute Gasteiger partial charge is 0.456 e. The van der Waals surface area contributed by atoms with Crippen LogP contribution in [0.3, 0.4) is 0 Å². The van der Waals surface area contributed by atoms with E-state index in [1.165, 1.54) is 0 Å². The Kier molecular flexibility index (Phi) is 6.94. The molecule has 0 saturated heterocycles. The van der Waals surface area contributed by atoms with Crippen molar-refractivity contribution in [2.24, 2.45) is 5.92 Å². The van der Waals surface area contributed by atoms with Gasteiger partial charge in [-0.1, -0.05) is 43.6 Å². The fourth-order valence-electron chi connectivity index (χ4n) is 2.31. The summed E-state index contributed by atoms with van der Waals surface area (Å²) in [5, 5.41) is 2.70. The molecule has 138 valence electrons. The second-order valence-electron chi connectivity index (χ2n) is 6.14. The first-order valence-electron chi connectivity index (χ1n) is 8.11. The highest BCUT2D eigenvalue weighted by molar-refractivity contribution is 7.18. The van der Waals surface area contributed by atoms with Crippen molar-refractivity contribution in [1.82, 2.24) is 5.32 Å². The zero-order valence-corrected chi connectivity index (χ0v) is 16.3. The number of carbonyl (C=O) groups excluding carboxylic acids is 3. The van der Waals surface area contributed by atoms with Crippen molar-refractivity contribution >= 4 is 40.6 Å². The Labute approximate surface area is 161 Å². The van der Waals surface area contributed by atoms with Gasteiger partial charge in [0, 0.05) is 5.56 Å². The van der Waals surface area contributed by atoms with E-state index in [0.717, 1.165) is 16.9 Å². The predicted octanol–water partition coefficient (Wildman–Crippen LogP) is 3.89. The number of amides is 1. The molecular formula is C19H20ClNO4S. The molecule has 0 radical (unpaired) electrons. The second kappa shape index (κ2) is 8.96. The fraction of sp³-hybridized carbons (Fsp3) is 0.316. The SMILES string of the molecule is Cc1ccccc1C(=O)N[C@H](C(=O)OCC(=O)c1ccc(Cl)s1)C(C)C. The Morgan fingerprint density at radius 2 is 1.85 bits per heavy atom. The second-order valence-corrected chi connectivity index (χ2v) is 7.86. The molecule has 0 spiro atoms. The van der Waals surface area contributed by atoms with E-state index in [2.05, 4.69) is 5.32 Å². The summed E-state index contributed by atoms with van der Waals surface area (Å²) in [5.41, 5.74) is 1.31. The Balaban J connectivity index is 2.00. The van der Waals surface area contributed by atoms with E-state index in [1.807, 2.05) is 19.1 Å². The maximum absolute atomic E-state index is 12.4. The summed E-state index contributed by atoms with van der Waals surface area (Å²) in [6.07, 6.45) is 0. The van der Waals surface area contributed by atoms with Crippen molar-refractivity contribution in [1.29, 1.82) is 0 Å². The zero-order valence-electron chi connectivity index (χ0n) is 14.7. The molecule has 0 bridgehead atoms. The molecule has 0 fully saturated rings. The summed E-state index contributed by atoms with van der Waals surface area (Å²) in [6, 6.07) is 9.46. The van der Waals surface area contributed by atoms with Crippen molar-refractivity contribution in [3.8, 4) is 0 Å². The number of esters is 1. The fourth-order valence-corrected chi connectivity index (χ4v) is 3.27. The van der Waals surface area contributed by atoms with Gasteiger partial charge in [0.25, 0.3) is 5.91 Å². The summed E-state index contributed by atoms with van der Waals surface area (Å²) in [6.45, 7) is 5.03. The molecule has 0 saturated carbocycles. The van der Waals surface area contributed by atoms with Gasteiger partial charge in [0.1, 0.15) is 6.04 Å². The normalized spacial score (nSPS) is 11.9. The quantitative estimate of drug-likeness (QED) is 0.572. The van der Waals surface area contributed by atoms with Crippen LogP contribution in [0.25, 0.3) is 0 Å². The van der Waals surface area contributed by atoms with Crippen LogP contribution in [-0.4, -0.2) is 30.3 Å². The molecule has 1 aromatic heterocycles. The number of Topliss-reactive ketones (excluding diaryl/α,β-unsaturated/α-hetero) is 1. The van der Waals surface area contributed by atoms with Crippen LogP contribution in [0, 0.1) is 12.8 Å². The molecule has 1 atom stereocenters. The lowest BCUT2D eigenvalue weighted by molar-refractivity contribution is -0.145. The molecule has 0 aliphatic heterocycles. The van der Waals surface area contributed by atoms with Gasteiger partial charge in [-0.25, -0.2) is 4.79 Å². The maximum atomic E-state index is 12.4. The number of nitrogens with one attached hydrogen (secondary N) is 1. The van der Waals surface area contributed by atoms with Crippen LogP contribution in [0.2, 0.25) is 4.34 Å². The highest BCUT2D eigenvalue weighted by Gasteiger charge is 2.27. The number of ether oxygens (including phenoxy) is 1. The molecule has 5 nitrogen and oxygen atoms in total. The van der Waals surface area contributed by atoms with Crippen LogP contribution < -0.4 is 5.32 Å². The van der Waals surface area contributed by atoms with Gasteiger partial charge in [-0.2, -0.15) is 0 Å². The number of hydrogen-bond acceptors (Lipinski definition) is 5. The highest BCUT2D eigenvalue weighted by Crippen LogP contribution is 2.21. The van der Waals surface area contributed by atoms with Crippen LogP contribution in [0.15, 0.2) is 36.4 Å². The summed E-state index contributed by atoms with van der Waals surface area (Å²) < 4.78 is 5.61. The molecule has 0 unspecified atom stereocenters. The number of benzene rings is 1. The number of aryl methyl sites for hydroxylation is 1. The van der Waals surface area contributed by atoms with Gasteiger partial charge in [0.2, 0.25) is 5.78 Å². The maximum Gasteiger partial charge on any atom is 0.329 e. The number of halogens is 1. The smallest absolute Gasteiger partial charge is 0.329 e. The molecule has 1 heterocycles. The molecule has 1 N–H and O–H groups in total. The molecular weight excluding hydrogens is 374 g/mol. The van der Waals surface area contributed by atoms with Gasteiger partial charge >= 0.3 is 5.97 Å². The Hall–Kier alpha value is -2.18. The minimum Gasteiger partial charge on any atom is -0.456 e. The van der Waals surface area contributed by atoms with E-state index in [1.54, 1.807) is 38.1 Å². The van der Waals surface area contributed by atoms with E-state index in [0.29, 0.717) is 14.8 Å². The van der Waals surface area contributed by atoms with E-state index in [4.69, 9.17) is 16.3 Å². The van der Waals surface area contributed by atoms with Gasteiger partial charge in [-0.15, -0.1) is 11.3 Å². The van der Waals surface area contributed by atoms with Crippen molar-refractivity contribution in [3.05, 3.63) is 56.7 Å². The topological polar surface area (TPSA) is 72.5 Å². The van der Waals surface area contributed by atoms with Gasteiger partial charge in [-0.3, -0.25) is 9.59 Å². The first kappa shape index (κ1) is 20.1. The first-order valence-corrected chi connectivity index (χ1v) is 9.30. The molecule has 1 aromatic carbocycles. The zero-order chi connectivity index (χ0) is 19.3. The average Bonchev–Trinajstić information content (AvgIpc) is 3.03. The standard InChI is InChI=1S/C19H20ClNO4S/c1-11(2)17(21-18(23)13-7-5-4-6-12(13)3)19(24)25-10-14(22)15-8-9-16(20)26-15/h4-9,11,17H,10H2,1-3H3,(H,21,23)/t17-/m0/s1. The number of ketones is 1. The Morgan fingerprint density at radius 3 is 2.42 bits per heavy atom. The van der Waals surface area contributed by atoms with E-state index in [-0.39, 0.29) is 24.2 Å². The van der Waals surface area contributed by atoms with Crippen molar-refractivity contribution in [3.63, 3.8) is 0 Å². The summed E-state index contributed by atoms with van der Waals surface area (Å²) >= 11 is 6.93. The van der Waals surface area contributed by atoms with Crippen molar-refractivity contribution in [2.45, 2.75) is 26.8 Å². The first-order chi connectivity index (χ1) is 12.3. The third kappa shape index (κ3) is 5.16. The minimum atomic E-state index is -0.846. The van der Waals surface area contributed by atoms with Gasteiger partial charge in [-0.05, 0) is 36.6 Å². The average molecular weight is 394 g/mol. The number of rotatable bonds is 7. The minimum absolute atomic E-state index is 0.193. The number of thiophene rings is 1. The number of hydrogen-bond donors (Lipinski definition) is 1. The molecule has 26 heavy (non-hydrogen) atoms. The lowest BCUT2D eigenvalue weighted by Gasteiger charge is -2.21. The molecule has 2 rings (SSSR count). The van der Waals surface area contributed by atoms with Crippen LogP contribution in [-0.2, 0) is 9.53 Å². The van der Waals surface area contributed by atoms with Crippen molar-refractivity contribution < 1.29 is 19.1 Å². The van der Waals surface area contributed by atoms with E-state index >= 15 is 0 Å². The Bertz CT molecular complexity index is 815. The van der Waals surface area contributed by atoms with E-state index in [9.17, 15) is 14.4 Å².